The van der Waals surface area contributed by atoms with Gasteiger partial charge in [0.05, 0.1) is 19.3 Å². The van der Waals surface area contributed by atoms with Crippen LogP contribution in [-0.2, 0) is 20.8 Å². The molecule has 0 saturated heterocycles. The van der Waals surface area contributed by atoms with Gasteiger partial charge in [-0.05, 0) is 18.4 Å². The summed E-state index contributed by atoms with van der Waals surface area (Å²) in [5, 5.41) is 0. The van der Waals surface area contributed by atoms with Gasteiger partial charge in [-0.25, -0.2) is 0 Å². The van der Waals surface area contributed by atoms with Gasteiger partial charge >= 0.3 is 0 Å². The summed E-state index contributed by atoms with van der Waals surface area (Å²) in [6.45, 7) is 3.95. The summed E-state index contributed by atoms with van der Waals surface area (Å²) < 4.78 is 16.4. The molecule has 0 amide bonds. The zero-order chi connectivity index (χ0) is 18.0. The molecule has 0 aliphatic carbocycles. The van der Waals surface area contributed by atoms with Crippen LogP contribution in [0.1, 0.15) is 63.9 Å². The normalized spacial score (nSPS) is 11.8. The van der Waals surface area contributed by atoms with E-state index in [1.165, 1.54) is 31.2 Å². The Hall–Kier alpha value is -1.34. The first-order valence-electron chi connectivity index (χ1n) is 9.54. The Kier molecular flexibility index (Phi) is 14.0. The molecule has 0 saturated carbocycles. The van der Waals surface area contributed by atoms with E-state index in [0.717, 1.165) is 25.7 Å². The Labute approximate surface area is 154 Å². The Bertz CT molecular complexity index is 461. The van der Waals surface area contributed by atoms with E-state index in [4.69, 9.17) is 14.2 Å². The summed E-state index contributed by atoms with van der Waals surface area (Å²) in [7, 11) is 1.67. The first-order valence-corrected chi connectivity index (χ1v) is 9.54. The third-order valence-corrected chi connectivity index (χ3v) is 4.00. The monoisotopic (exact) mass is 346 g/mol. The lowest BCUT2D eigenvalue weighted by Gasteiger charge is -2.16. The predicted octanol–water partition coefficient (Wildman–Crippen LogP) is 5.34. The number of unbranched alkanes of at least 4 members (excludes halogenated alkanes) is 3. The molecule has 0 unspecified atom stereocenters. The Balaban J connectivity index is 2.09. The van der Waals surface area contributed by atoms with Crippen LogP contribution in [0.2, 0.25) is 0 Å². The van der Waals surface area contributed by atoms with Crippen molar-refractivity contribution in [3.63, 3.8) is 0 Å². The number of methoxy groups -OCH3 is 1. The fourth-order valence-corrected chi connectivity index (χ4v) is 2.57. The quantitative estimate of drug-likeness (QED) is 0.259. The third kappa shape index (κ3) is 12.6. The van der Waals surface area contributed by atoms with Crippen LogP contribution >= 0.6 is 0 Å². The van der Waals surface area contributed by atoms with E-state index in [-0.39, 0.29) is 6.10 Å². The van der Waals surface area contributed by atoms with Crippen LogP contribution in [0.5, 0.6) is 0 Å². The third-order valence-electron chi connectivity index (χ3n) is 4.00. The molecule has 1 atom stereocenters. The smallest absolute Gasteiger partial charge is 0.146 e. The Morgan fingerprint density at radius 2 is 1.76 bits per heavy atom. The van der Waals surface area contributed by atoms with E-state index in [0.29, 0.717) is 20.0 Å². The number of hydrogen-bond donors (Lipinski definition) is 0. The van der Waals surface area contributed by atoms with E-state index in [1.807, 2.05) is 18.2 Å². The van der Waals surface area contributed by atoms with Crippen LogP contribution in [0.25, 0.3) is 0 Å². The van der Waals surface area contributed by atoms with Gasteiger partial charge in [0.25, 0.3) is 0 Å². The molecular formula is C22H34O3. The van der Waals surface area contributed by atoms with Gasteiger partial charge in [-0.1, -0.05) is 62.9 Å². The highest BCUT2D eigenvalue weighted by Gasteiger charge is 2.07. The first kappa shape index (κ1) is 21.7. The van der Waals surface area contributed by atoms with Crippen LogP contribution in [0.15, 0.2) is 30.3 Å². The van der Waals surface area contributed by atoms with Crippen molar-refractivity contribution in [1.82, 2.24) is 0 Å². The van der Waals surface area contributed by atoms with Crippen molar-refractivity contribution >= 4 is 0 Å². The van der Waals surface area contributed by atoms with E-state index < -0.39 is 0 Å². The molecule has 0 radical (unpaired) electrons. The summed E-state index contributed by atoms with van der Waals surface area (Å²) in [5.74, 6) is 6.44. The average Bonchev–Trinajstić information content (AvgIpc) is 2.65. The lowest BCUT2D eigenvalue weighted by atomic mass is 10.1. The molecule has 1 aromatic carbocycles. The zero-order valence-electron chi connectivity index (χ0n) is 16.0. The van der Waals surface area contributed by atoms with E-state index in [2.05, 4.69) is 30.9 Å². The van der Waals surface area contributed by atoms with Gasteiger partial charge in [-0.15, -0.1) is 11.8 Å². The molecule has 140 valence electrons. The minimum Gasteiger partial charge on any atom is -0.376 e. The molecular weight excluding hydrogens is 312 g/mol. The summed E-state index contributed by atoms with van der Waals surface area (Å²) >= 11 is 0. The minimum absolute atomic E-state index is 0.264. The van der Waals surface area contributed by atoms with Crippen LogP contribution < -0.4 is 0 Å². The van der Waals surface area contributed by atoms with Crippen LogP contribution in [0.4, 0.5) is 0 Å². The Morgan fingerprint density at radius 3 is 2.52 bits per heavy atom. The van der Waals surface area contributed by atoms with Crippen molar-refractivity contribution < 1.29 is 14.2 Å². The molecule has 0 heterocycles. The van der Waals surface area contributed by atoms with Crippen molar-refractivity contribution in [1.29, 1.82) is 0 Å². The largest absolute Gasteiger partial charge is 0.376 e. The highest BCUT2D eigenvalue weighted by molar-refractivity contribution is 5.13. The zero-order valence-corrected chi connectivity index (χ0v) is 16.0. The molecule has 0 aromatic heterocycles. The van der Waals surface area contributed by atoms with Gasteiger partial charge in [0.2, 0.25) is 0 Å². The van der Waals surface area contributed by atoms with Gasteiger partial charge in [-0.3, -0.25) is 0 Å². The number of hydrogen-bond acceptors (Lipinski definition) is 3. The maximum Gasteiger partial charge on any atom is 0.146 e. The molecule has 25 heavy (non-hydrogen) atoms. The highest BCUT2D eigenvalue weighted by Crippen LogP contribution is 2.13. The van der Waals surface area contributed by atoms with Crippen LogP contribution in [-0.4, -0.2) is 26.6 Å². The van der Waals surface area contributed by atoms with Crippen molar-refractivity contribution in [2.45, 2.75) is 71.0 Å². The first-order chi connectivity index (χ1) is 12.4. The van der Waals surface area contributed by atoms with E-state index >= 15 is 0 Å². The second kappa shape index (κ2) is 16.1. The lowest BCUT2D eigenvalue weighted by Crippen LogP contribution is -2.14. The fraction of sp³-hybridized carbons (Fsp3) is 0.636. The van der Waals surface area contributed by atoms with E-state index in [9.17, 15) is 0 Å². The highest BCUT2D eigenvalue weighted by atomic mass is 16.7. The molecule has 0 spiro atoms. The van der Waals surface area contributed by atoms with Crippen molar-refractivity contribution in [3.8, 4) is 11.8 Å². The minimum atomic E-state index is 0.264. The number of rotatable bonds is 14. The molecule has 1 aromatic rings. The van der Waals surface area contributed by atoms with Gasteiger partial charge in [0, 0.05) is 20.0 Å². The maximum absolute atomic E-state index is 5.75. The SMILES string of the molecule is CCCCCC[C@H](CCC#CCCOCc1ccccc1)OCOC. The van der Waals surface area contributed by atoms with Gasteiger partial charge in [0.1, 0.15) is 6.79 Å². The van der Waals surface area contributed by atoms with E-state index in [1.54, 1.807) is 7.11 Å². The molecule has 0 aliphatic heterocycles. The molecule has 0 bridgehead atoms. The number of ether oxygens (including phenoxy) is 3. The molecule has 0 fully saturated rings. The maximum atomic E-state index is 5.75. The molecule has 0 N–H and O–H groups in total. The van der Waals surface area contributed by atoms with Gasteiger partial charge in [-0.2, -0.15) is 0 Å². The summed E-state index contributed by atoms with van der Waals surface area (Å²) in [5.41, 5.74) is 1.21. The van der Waals surface area contributed by atoms with Gasteiger partial charge < -0.3 is 14.2 Å². The molecule has 0 aliphatic rings. The van der Waals surface area contributed by atoms with Crippen molar-refractivity contribution in [2.75, 3.05) is 20.5 Å². The lowest BCUT2D eigenvalue weighted by molar-refractivity contribution is -0.0765. The summed E-state index contributed by atoms with van der Waals surface area (Å²) in [6.07, 6.45) is 9.09. The second-order valence-electron chi connectivity index (χ2n) is 6.22. The van der Waals surface area contributed by atoms with Crippen molar-refractivity contribution in [2.24, 2.45) is 0 Å². The number of benzene rings is 1. The topological polar surface area (TPSA) is 27.7 Å². The second-order valence-corrected chi connectivity index (χ2v) is 6.22. The summed E-state index contributed by atoms with van der Waals surface area (Å²) in [6, 6.07) is 10.2. The van der Waals surface area contributed by atoms with Crippen molar-refractivity contribution in [3.05, 3.63) is 35.9 Å². The van der Waals surface area contributed by atoms with Crippen LogP contribution in [0.3, 0.4) is 0 Å². The Morgan fingerprint density at radius 1 is 0.960 bits per heavy atom. The molecule has 3 nitrogen and oxygen atoms in total. The average molecular weight is 347 g/mol. The van der Waals surface area contributed by atoms with Crippen LogP contribution in [0, 0.1) is 11.8 Å². The molecule has 1 rings (SSSR count). The standard InChI is InChI=1S/C22H34O3/c1-3-4-5-11-16-22(25-20-23-2)17-12-6-7-13-18-24-19-21-14-9-8-10-15-21/h8-10,14-15,22H,3-5,11-13,16-20H2,1-2H3/t22-/m1/s1. The van der Waals surface area contributed by atoms with Gasteiger partial charge in [0.15, 0.2) is 0 Å². The molecule has 3 heteroatoms. The summed E-state index contributed by atoms with van der Waals surface area (Å²) in [4.78, 5) is 0. The predicted molar refractivity (Wildman–Crippen MR) is 103 cm³/mol. The fourth-order valence-electron chi connectivity index (χ4n) is 2.57.